The number of aromatic nitrogens is 4. The van der Waals surface area contributed by atoms with Crippen LogP contribution in [0.1, 0.15) is 38.8 Å². The largest absolute Gasteiger partial charge is 0.465 e. The Morgan fingerprint density at radius 2 is 1.62 bits per heavy atom. The van der Waals surface area contributed by atoms with Crippen molar-refractivity contribution >= 4 is 29.5 Å². The minimum Gasteiger partial charge on any atom is -0.465 e. The molecule has 4 rings (SSSR count). The quantitative estimate of drug-likeness (QED) is 0.251. The summed E-state index contributed by atoms with van der Waals surface area (Å²) in [5.41, 5.74) is 2.01. The van der Waals surface area contributed by atoms with Gasteiger partial charge in [0.2, 0.25) is 5.95 Å². The van der Waals surface area contributed by atoms with Gasteiger partial charge in [-0.2, -0.15) is 4.98 Å². The van der Waals surface area contributed by atoms with Crippen LogP contribution >= 0.6 is 0 Å². The topological polar surface area (TPSA) is 128 Å². The van der Waals surface area contributed by atoms with E-state index in [0.717, 1.165) is 23.1 Å². The summed E-state index contributed by atoms with van der Waals surface area (Å²) in [6.45, 7) is 7.50. The lowest BCUT2D eigenvalue weighted by Gasteiger charge is -2.32. The fourth-order valence-electron chi connectivity index (χ4n) is 4.36. The van der Waals surface area contributed by atoms with Gasteiger partial charge in [0.05, 0.1) is 6.61 Å². The summed E-state index contributed by atoms with van der Waals surface area (Å²) in [4.78, 5) is 33.8. The average Bonchev–Trinajstić information content (AvgIpc) is 2.92. The predicted molar refractivity (Wildman–Crippen MR) is 157 cm³/mol. The second-order valence-corrected chi connectivity index (χ2v) is 10.6. The van der Waals surface area contributed by atoms with E-state index in [1.807, 2.05) is 89.3 Å². The van der Waals surface area contributed by atoms with Gasteiger partial charge in [-0.15, -0.1) is 0 Å². The standard InChI is InChI=1S/C30H35N7O3/c1-20(16-21-10-9-11-22(17-21)19-38)32-28-31-15-14-24(35-28)36(5)25-18-26(37(29(39)40)30(2,3)4)34-27(33-25)23-12-7-6-8-13-23/h6-15,17-18,20,38H,16,19H2,1-5H3,(H,39,40)(H,31,32,35). The molecule has 0 radical (unpaired) electrons. The van der Waals surface area contributed by atoms with Crippen molar-refractivity contribution in [2.45, 2.75) is 52.3 Å². The molecule has 40 heavy (non-hydrogen) atoms. The zero-order chi connectivity index (χ0) is 28.9. The molecule has 0 fully saturated rings. The minimum atomic E-state index is -1.11. The summed E-state index contributed by atoms with van der Waals surface area (Å²) in [5, 5.41) is 22.8. The van der Waals surface area contributed by atoms with Crippen molar-refractivity contribution in [3.63, 3.8) is 0 Å². The summed E-state index contributed by atoms with van der Waals surface area (Å²) >= 11 is 0. The molecule has 0 aliphatic heterocycles. The highest BCUT2D eigenvalue weighted by Crippen LogP contribution is 2.30. The first-order valence-corrected chi connectivity index (χ1v) is 13.0. The molecule has 1 amide bonds. The highest BCUT2D eigenvalue weighted by Gasteiger charge is 2.30. The highest BCUT2D eigenvalue weighted by atomic mass is 16.4. The molecular formula is C30H35N7O3. The van der Waals surface area contributed by atoms with Gasteiger partial charge in [-0.25, -0.2) is 19.7 Å². The molecule has 1 unspecified atom stereocenters. The number of amides is 1. The van der Waals surface area contributed by atoms with Crippen LogP contribution in [0.15, 0.2) is 72.9 Å². The number of anilines is 4. The lowest BCUT2D eigenvalue weighted by atomic mass is 10.0. The fraction of sp³-hybridized carbons (Fsp3) is 0.300. The van der Waals surface area contributed by atoms with Gasteiger partial charge in [-0.3, -0.25) is 4.90 Å². The molecule has 0 saturated heterocycles. The number of nitrogens with zero attached hydrogens (tertiary/aromatic N) is 6. The highest BCUT2D eigenvalue weighted by molar-refractivity contribution is 5.87. The Balaban J connectivity index is 1.65. The summed E-state index contributed by atoms with van der Waals surface area (Å²) in [7, 11) is 1.82. The molecule has 0 bridgehead atoms. The number of aliphatic hydroxyl groups excluding tert-OH is 1. The molecule has 208 valence electrons. The van der Waals surface area contributed by atoms with Crippen LogP contribution in [0.25, 0.3) is 11.4 Å². The van der Waals surface area contributed by atoms with Crippen molar-refractivity contribution in [2.24, 2.45) is 0 Å². The molecule has 3 N–H and O–H groups in total. The van der Waals surface area contributed by atoms with E-state index in [-0.39, 0.29) is 18.5 Å². The maximum absolute atomic E-state index is 12.3. The molecule has 0 aliphatic carbocycles. The third-order valence-electron chi connectivity index (χ3n) is 6.24. The maximum atomic E-state index is 12.3. The number of rotatable bonds is 9. The SMILES string of the molecule is CC(Cc1cccc(CO)c1)Nc1nccc(N(C)c2cc(N(C(=O)O)C(C)(C)C)nc(-c3ccccc3)n2)n1. The van der Waals surface area contributed by atoms with E-state index in [1.165, 1.54) is 4.90 Å². The molecule has 1 atom stereocenters. The molecule has 2 heterocycles. The summed E-state index contributed by atoms with van der Waals surface area (Å²) in [6.07, 6.45) is 1.29. The van der Waals surface area contributed by atoms with Gasteiger partial charge in [0.1, 0.15) is 17.5 Å². The number of aliphatic hydroxyl groups is 1. The van der Waals surface area contributed by atoms with Gasteiger partial charge >= 0.3 is 6.09 Å². The number of nitrogens with one attached hydrogen (secondary N) is 1. The van der Waals surface area contributed by atoms with E-state index >= 15 is 0 Å². The van der Waals surface area contributed by atoms with E-state index in [4.69, 9.17) is 9.97 Å². The number of benzene rings is 2. The molecule has 0 saturated carbocycles. The van der Waals surface area contributed by atoms with Crippen LogP contribution in [-0.2, 0) is 13.0 Å². The molecule has 2 aromatic carbocycles. The van der Waals surface area contributed by atoms with Crippen LogP contribution in [0, 0.1) is 0 Å². The zero-order valence-electron chi connectivity index (χ0n) is 23.4. The first-order chi connectivity index (χ1) is 19.0. The normalized spacial score (nSPS) is 12.1. The molecule has 4 aromatic rings. The van der Waals surface area contributed by atoms with Crippen LogP contribution in [-0.4, -0.2) is 54.9 Å². The van der Waals surface area contributed by atoms with Crippen molar-refractivity contribution in [3.05, 3.63) is 84.1 Å². The van der Waals surface area contributed by atoms with Crippen LogP contribution < -0.4 is 15.1 Å². The smallest absolute Gasteiger partial charge is 0.413 e. The van der Waals surface area contributed by atoms with E-state index in [1.54, 1.807) is 23.2 Å². The first-order valence-electron chi connectivity index (χ1n) is 13.0. The summed E-state index contributed by atoms with van der Waals surface area (Å²) in [5.74, 6) is 2.18. The Bertz CT molecular complexity index is 1460. The Kier molecular flexibility index (Phi) is 8.59. The monoisotopic (exact) mass is 541 g/mol. The Morgan fingerprint density at radius 1 is 0.925 bits per heavy atom. The maximum Gasteiger partial charge on any atom is 0.413 e. The van der Waals surface area contributed by atoms with Gasteiger partial charge in [0.15, 0.2) is 5.82 Å². The summed E-state index contributed by atoms with van der Waals surface area (Å²) in [6, 6.07) is 20.7. The predicted octanol–water partition coefficient (Wildman–Crippen LogP) is 5.52. The second kappa shape index (κ2) is 12.1. The van der Waals surface area contributed by atoms with Crippen LogP contribution in [0.4, 0.5) is 28.2 Å². The molecule has 0 spiro atoms. The average molecular weight is 542 g/mol. The summed E-state index contributed by atoms with van der Waals surface area (Å²) < 4.78 is 0. The molecular weight excluding hydrogens is 506 g/mol. The van der Waals surface area contributed by atoms with Crippen molar-refractivity contribution in [3.8, 4) is 11.4 Å². The van der Waals surface area contributed by atoms with E-state index in [0.29, 0.717) is 23.4 Å². The first kappa shape index (κ1) is 28.4. The fourth-order valence-corrected chi connectivity index (χ4v) is 4.36. The molecule has 10 nitrogen and oxygen atoms in total. The lowest BCUT2D eigenvalue weighted by molar-refractivity contribution is 0.195. The van der Waals surface area contributed by atoms with Crippen LogP contribution in [0.3, 0.4) is 0 Å². The van der Waals surface area contributed by atoms with Crippen molar-refractivity contribution < 1.29 is 15.0 Å². The van der Waals surface area contributed by atoms with E-state index < -0.39 is 11.6 Å². The number of hydrogen-bond donors (Lipinski definition) is 3. The van der Waals surface area contributed by atoms with Gasteiger partial charge in [-0.05, 0) is 51.3 Å². The van der Waals surface area contributed by atoms with Gasteiger partial charge < -0.3 is 20.4 Å². The lowest BCUT2D eigenvalue weighted by Crippen LogP contribution is -2.45. The Morgan fingerprint density at radius 3 is 2.30 bits per heavy atom. The molecule has 10 heteroatoms. The van der Waals surface area contributed by atoms with Gasteiger partial charge in [-0.1, -0.05) is 54.6 Å². The minimum absolute atomic E-state index is 0.00383. The number of carbonyl (C=O) groups is 1. The Hall–Kier alpha value is -4.57. The van der Waals surface area contributed by atoms with Gasteiger partial charge in [0, 0.05) is 36.5 Å². The van der Waals surface area contributed by atoms with Crippen molar-refractivity contribution in [2.75, 3.05) is 22.2 Å². The third-order valence-corrected chi connectivity index (χ3v) is 6.24. The van der Waals surface area contributed by atoms with E-state index in [9.17, 15) is 15.0 Å². The van der Waals surface area contributed by atoms with Crippen LogP contribution in [0.5, 0.6) is 0 Å². The molecule has 0 aliphatic rings. The van der Waals surface area contributed by atoms with Gasteiger partial charge in [0.25, 0.3) is 0 Å². The van der Waals surface area contributed by atoms with Crippen LogP contribution in [0.2, 0.25) is 0 Å². The second-order valence-electron chi connectivity index (χ2n) is 10.6. The number of hydrogen-bond acceptors (Lipinski definition) is 8. The Labute approximate surface area is 234 Å². The van der Waals surface area contributed by atoms with Crippen molar-refractivity contribution in [1.29, 1.82) is 0 Å². The van der Waals surface area contributed by atoms with Crippen molar-refractivity contribution in [1.82, 2.24) is 19.9 Å². The zero-order valence-corrected chi connectivity index (χ0v) is 23.4. The van der Waals surface area contributed by atoms with E-state index in [2.05, 4.69) is 15.3 Å². The third kappa shape index (κ3) is 6.89. The number of carboxylic acid groups (broad SMARTS) is 1. The molecule has 2 aromatic heterocycles.